The molecular formula is C15H12BrClO2. The molecule has 0 bridgehead atoms. The van der Waals surface area contributed by atoms with Crippen LogP contribution in [0, 0.1) is 6.92 Å². The largest absolute Gasteiger partial charge is 0.496 e. The molecule has 0 aliphatic heterocycles. The Morgan fingerprint density at radius 1 is 1.21 bits per heavy atom. The summed E-state index contributed by atoms with van der Waals surface area (Å²) in [4.78, 5) is 12.5. The molecule has 98 valence electrons. The van der Waals surface area contributed by atoms with E-state index in [4.69, 9.17) is 16.3 Å². The van der Waals surface area contributed by atoms with Crippen molar-refractivity contribution in [2.45, 2.75) is 6.92 Å². The molecule has 0 aliphatic rings. The number of methoxy groups -OCH3 is 1. The molecule has 0 radical (unpaired) electrons. The summed E-state index contributed by atoms with van der Waals surface area (Å²) in [5.74, 6) is 0.471. The fourth-order valence-electron chi connectivity index (χ4n) is 1.80. The van der Waals surface area contributed by atoms with Crippen LogP contribution < -0.4 is 4.74 Å². The van der Waals surface area contributed by atoms with Crippen molar-refractivity contribution in [1.82, 2.24) is 0 Å². The monoisotopic (exact) mass is 338 g/mol. The number of ketones is 1. The summed E-state index contributed by atoms with van der Waals surface area (Å²) < 4.78 is 6.06. The second-order valence-electron chi connectivity index (χ2n) is 4.14. The molecule has 2 aromatic rings. The summed E-state index contributed by atoms with van der Waals surface area (Å²) >= 11 is 9.34. The Kier molecular flexibility index (Phi) is 4.27. The van der Waals surface area contributed by atoms with E-state index in [1.807, 2.05) is 13.0 Å². The van der Waals surface area contributed by atoms with Gasteiger partial charge in [0.2, 0.25) is 0 Å². The second-order valence-corrected chi connectivity index (χ2v) is 5.46. The predicted molar refractivity (Wildman–Crippen MR) is 80.3 cm³/mol. The van der Waals surface area contributed by atoms with Gasteiger partial charge in [0, 0.05) is 15.1 Å². The van der Waals surface area contributed by atoms with E-state index in [-0.39, 0.29) is 5.78 Å². The Morgan fingerprint density at radius 3 is 2.58 bits per heavy atom. The van der Waals surface area contributed by atoms with Crippen LogP contribution in [0.1, 0.15) is 21.5 Å². The third-order valence-electron chi connectivity index (χ3n) is 2.83. The van der Waals surface area contributed by atoms with Crippen molar-refractivity contribution in [1.29, 1.82) is 0 Å². The van der Waals surface area contributed by atoms with Gasteiger partial charge in [-0.2, -0.15) is 0 Å². The fourth-order valence-corrected chi connectivity index (χ4v) is 2.28. The zero-order chi connectivity index (χ0) is 14.0. The summed E-state index contributed by atoms with van der Waals surface area (Å²) in [7, 11) is 1.55. The van der Waals surface area contributed by atoms with Gasteiger partial charge in [-0.25, -0.2) is 0 Å². The molecule has 0 saturated carbocycles. The number of rotatable bonds is 3. The van der Waals surface area contributed by atoms with E-state index in [0.29, 0.717) is 21.9 Å². The van der Waals surface area contributed by atoms with Crippen LogP contribution in [0.2, 0.25) is 5.02 Å². The number of carbonyl (C=O) groups is 1. The molecule has 19 heavy (non-hydrogen) atoms. The lowest BCUT2D eigenvalue weighted by Gasteiger charge is -2.09. The van der Waals surface area contributed by atoms with E-state index < -0.39 is 0 Å². The number of aryl methyl sites for hydroxylation is 1. The standard InChI is InChI=1S/C15H12BrClO2/c1-9-7-10(3-5-13(9)17)15(18)12-8-11(16)4-6-14(12)19-2/h3-8H,1-2H3. The van der Waals surface area contributed by atoms with E-state index in [0.717, 1.165) is 10.0 Å². The van der Waals surface area contributed by atoms with Gasteiger partial charge in [-0.15, -0.1) is 0 Å². The summed E-state index contributed by atoms with van der Waals surface area (Å²) in [6, 6.07) is 10.6. The third-order valence-corrected chi connectivity index (χ3v) is 3.74. The molecule has 0 spiro atoms. The Hall–Kier alpha value is -1.32. The minimum absolute atomic E-state index is 0.0853. The molecule has 0 aliphatic carbocycles. The van der Waals surface area contributed by atoms with Crippen molar-refractivity contribution < 1.29 is 9.53 Å². The summed E-state index contributed by atoms with van der Waals surface area (Å²) in [6.07, 6.45) is 0. The summed E-state index contributed by atoms with van der Waals surface area (Å²) in [5, 5.41) is 0.651. The van der Waals surface area contributed by atoms with E-state index in [2.05, 4.69) is 15.9 Å². The first kappa shape index (κ1) is 14.1. The quantitative estimate of drug-likeness (QED) is 0.761. The molecule has 2 nitrogen and oxygen atoms in total. The van der Waals surface area contributed by atoms with Crippen molar-refractivity contribution >= 4 is 33.3 Å². The highest BCUT2D eigenvalue weighted by Gasteiger charge is 2.15. The van der Waals surface area contributed by atoms with Crippen molar-refractivity contribution in [3.8, 4) is 5.75 Å². The van der Waals surface area contributed by atoms with E-state index in [1.165, 1.54) is 0 Å². The Bertz CT molecular complexity index is 638. The number of halogens is 2. The highest BCUT2D eigenvalue weighted by atomic mass is 79.9. The molecule has 0 fully saturated rings. The number of hydrogen-bond acceptors (Lipinski definition) is 2. The zero-order valence-corrected chi connectivity index (χ0v) is 12.9. The van der Waals surface area contributed by atoms with Gasteiger partial charge < -0.3 is 4.74 Å². The van der Waals surface area contributed by atoms with Crippen LogP contribution in [0.5, 0.6) is 5.75 Å². The Morgan fingerprint density at radius 2 is 1.95 bits per heavy atom. The van der Waals surface area contributed by atoms with Gasteiger partial charge in [0.15, 0.2) is 5.78 Å². The van der Waals surface area contributed by atoms with Crippen LogP contribution in [0.4, 0.5) is 0 Å². The molecule has 0 saturated heterocycles. The van der Waals surface area contributed by atoms with Crippen molar-refractivity contribution in [3.05, 3.63) is 62.6 Å². The fraction of sp³-hybridized carbons (Fsp3) is 0.133. The van der Waals surface area contributed by atoms with Crippen LogP contribution in [-0.2, 0) is 0 Å². The topological polar surface area (TPSA) is 26.3 Å². The van der Waals surface area contributed by atoms with Crippen LogP contribution in [-0.4, -0.2) is 12.9 Å². The molecule has 0 unspecified atom stereocenters. The Balaban J connectivity index is 2.49. The van der Waals surface area contributed by atoms with Gasteiger partial charge in [0.05, 0.1) is 12.7 Å². The Labute approximate surface area is 125 Å². The molecule has 4 heteroatoms. The third kappa shape index (κ3) is 2.99. The molecule has 0 aromatic heterocycles. The number of benzene rings is 2. The molecule has 0 heterocycles. The minimum atomic E-state index is -0.0853. The van der Waals surface area contributed by atoms with Crippen molar-refractivity contribution in [3.63, 3.8) is 0 Å². The van der Waals surface area contributed by atoms with Gasteiger partial charge in [-0.3, -0.25) is 4.79 Å². The number of carbonyl (C=O) groups excluding carboxylic acids is 1. The summed E-state index contributed by atoms with van der Waals surface area (Å²) in [6.45, 7) is 1.87. The average Bonchev–Trinajstić information content (AvgIpc) is 2.41. The highest BCUT2D eigenvalue weighted by Crippen LogP contribution is 2.26. The average molecular weight is 340 g/mol. The first-order valence-electron chi connectivity index (χ1n) is 5.67. The van der Waals surface area contributed by atoms with Gasteiger partial charge in [-0.1, -0.05) is 27.5 Å². The lowest BCUT2D eigenvalue weighted by atomic mass is 10.0. The van der Waals surface area contributed by atoms with Gasteiger partial charge in [0.1, 0.15) is 5.75 Å². The van der Waals surface area contributed by atoms with Crippen molar-refractivity contribution in [2.24, 2.45) is 0 Å². The number of hydrogen-bond donors (Lipinski definition) is 0. The van der Waals surface area contributed by atoms with Crippen LogP contribution >= 0.6 is 27.5 Å². The molecule has 0 N–H and O–H groups in total. The zero-order valence-electron chi connectivity index (χ0n) is 10.5. The lowest BCUT2D eigenvalue weighted by molar-refractivity contribution is 0.103. The van der Waals surface area contributed by atoms with Gasteiger partial charge in [-0.05, 0) is 48.9 Å². The van der Waals surface area contributed by atoms with Gasteiger partial charge in [0.25, 0.3) is 0 Å². The van der Waals surface area contributed by atoms with E-state index in [9.17, 15) is 4.79 Å². The maximum atomic E-state index is 12.5. The maximum Gasteiger partial charge on any atom is 0.196 e. The smallest absolute Gasteiger partial charge is 0.196 e. The molecule has 0 amide bonds. The molecular weight excluding hydrogens is 328 g/mol. The molecule has 2 rings (SSSR count). The number of ether oxygens (including phenoxy) is 1. The summed E-state index contributed by atoms with van der Waals surface area (Å²) in [5.41, 5.74) is 2.00. The minimum Gasteiger partial charge on any atom is -0.496 e. The molecule has 2 aromatic carbocycles. The highest BCUT2D eigenvalue weighted by molar-refractivity contribution is 9.10. The van der Waals surface area contributed by atoms with Gasteiger partial charge >= 0.3 is 0 Å². The predicted octanol–water partition coefficient (Wildman–Crippen LogP) is 4.65. The maximum absolute atomic E-state index is 12.5. The normalized spacial score (nSPS) is 10.3. The van der Waals surface area contributed by atoms with Crippen LogP contribution in [0.15, 0.2) is 40.9 Å². The lowest BCUT2D eigenvalue weighted by Crippen LogP contribution is -2.04. The van der Waals surface area contributed by atoms with Crippen molar-refractivity contribution in [2.75, 3.05) is 7.11 Å². The second kappa shape index (κ2) is 5.76. The first-order valence-corrected chi connectivity index (χ1v) is 6.84. The van der Waals surface area contributed by atoms with E-state index >= 15 is 0 Å². The SMILES string of the molecule is COc1ccc(Br)cc1C(=O)c1ccc(Cl)c(C)c1. The first-order chi connectivity index (χ1) is 9.02. The van der Waals surface area contributed by atoms with Crippen LogP contribution in [0.3, 0.4) is 0 Å². The molecule has 0 atom stereocenters. The van der Waals surface area contributed by atoms with E-state index in [1.54, 1.807) is 37.4 Å². The van der Waals surface area contributed by atoms with Crippen LogP contribution in [0.25, 0.3) is 0 Å².